The topological polar surface area (TPSA) is 135 Å². The number of nitro benzene ring substituents is 1. The van der Waals surface area contributed by atoms with Crippen molar-refractivity contribution < 1.29 is 33.5 Å². The molecule has 1 aromatic carbocycles. The Morgan fingerprint density at radius 2 is 1.52 bits per heavy atom. The van der Waals surface area contributed by atoms with Crippen LogP contribution in [-0.4, -0.2) is 49.1 Å². The molecule has 2 aromatic rings. The molecule has 10 nitrogen and oxygen atoms in total. The summed E-state index contributed by atoms with van der Waals surface area (Å²) >= 11 is 0. The van der Waals surface area contributed by atoms with E-state index in [2.05, 4.69) is 19.2 Å². The molecule has 0 saturated heterocycles. The maximum absolute atomic E-state index is 12.2. The van der Waals surface area contributed by atoms with Crippen molar-refractivity contribution in [2.45, 2.75) is 0 Å². The van der Waals surface area contributed by atoms with E-state index in [4.69, 9.17) is 0 Å². The number of nitrogens with zero attached hydrogens (tertiary/aromatic N) is 2. The van der Waals surface area contributed by atoms with Gasteiger partial charge in [-0.3, -0.25) is 10.1 Å². The van der Waals surface area contributed by atoms with Gasteiger partial charge in [-0.25, -0.2) is 19.4 Å². The second kappa shape index (κ2) is 6.91. The van der Waals surface area contributed by atoms with E-state index in [0.717, 1.165) is 33.5 Å². The molecular formula is C15H12N2O8. The van der Waals surface area contributed by atoms with Crippen LogP contribution in [0.15, 0.2) is 18.2 Å². The van der Waals surface area contributed by atoms with Crippen LogP contribution in [0.25, 0.3) is 10.9 Å². The van der Waals surface area contributed by atoms with E-state index in [9.17, 15) is 24.5 Å². The van der Waals surface area contributed by atoms with Crippen molar-refractivity contribution in [1.82, 2.24) is 4.98 Å². The van der Waals surface area contributed by atoms with E-state index in [1.54, 1.807) is 0 Å². The molecule has 0 bridgehead atoms. The number of hydrogen-bond donors (Lipinski definition) is 0. The summed E-state index contributed by atoms with van der Waals surface area (Å²) in [7, 11) is 3.18. The first kappa shape index (κ1) is 17.8. The Morgan fingerprint density at radius 1 is 0.960 bits per heavy atom. The molecule has 2 rings (SSSR count). The smallest absolute Gasteiger partial charge is 0.357 e. The van der Waals surface area contributed by atoms with E-state index >= 15 is 0 Å². The molecule has 1 aromatic heterocycles. The summed E-state index contributed by atoms with van der Waals surface area (Å²) in [5.41, 5.74) is -1.59. The number of ether oxygens (including phenoxy) is 3. The summed E-state index contributed by atoms with van der Waals surface area (Å²) in [6.07, 6.45) is 0. The SMILES string of the molecule is COC(=O)c1nc2ccc([N+](=O)[O-])cc2c(C(=O)OC)c1C(=O)OC. The molecule has 0 fully saturated rings. The summed E-state index contributed by atoms with van der Waals surface area (Å²) in [5, 5.41) is 11.0. The molecule has 0 radical (unpaired) electrons. The quantitative estimate of drug-likeness (QED) is 0.348. The Morgan fingerprint density at radius 3 is 2.04 bits per heavy atom. The van der Waals surface area contributed by atoms with Crippen LogP contribution in [0.5, 0.6) is 0 Å². The average molecular weight is 348 g/mol. The van der Waals surface area contributed by atoms with Gasteiger partial charge in [-0.15, -0.1) is 0 Å². The van der Waals surface area contributed by atoms with Crippen LogP contribution in [0.4, 0.5) is 5.69 Å². The Labute approximate surface area is 140 Å². The highest BCUT2D eigenvalue weighted by Gasteiger charge is 2.31. The Hall–Kier alpha value is -3.56. The zero-order chi connectivity index (χ0) is 18.7. The van der Waals surface area contributed by atoms with Gasteiger partial charge in [-0.2, -0.15) is 0 Å². The van der Waals surface area contributed by atoms with Gasteiger partial charge in [-0.1, -0.05) is 0 Å². The standard InChI is InChI=1S/C15H12N2O8/c1-23-13(18)10-8-6-7(17(21)22)4-5-9(8)16-12(15(20)25-3)11(10)14(19)24-2/h4-6H,1-3H3. The van der Waals surface area contributed by atoms with Gasteiger partial charge in [0.05, 0.1) is 37.3 Å². The molecule has 0 unspecified atom stereocenters. The Balaban J connectivity index is 3.03. The predicted molar refractivity (Wildman–Crippen MR) is 82.4 cm³/mol. The molecule has 0 N–H and O–H groups in total. The molecular weight excluding hydrogens is 336 g/mol. The van der Waals surface area contributed by atoms with Gasteiger partial charge in [0.2, 0.25) is 0 Å². The first-order chi connectivity index (χ1) is 11.8. The number of carbonyl (C=O) groups excluding carboxylic acids is 3. The van der Waals surface area contributed by atoms with Crippen molar-refractivity contribution in [2.24, 2.45) is 0 Å². The van der Waals surface area contributed by atoms with Crippen LogP contribution in [0.3, 0.4) is 0 Å². The minimum Gasteiger partial charge on any atom is -0.465 e. The zero-order valence-electron chi connectivity index (χ0n) is 13.4. The predicted octanol–water partition coefficient (Wildman–Crippen LogP) is 1.50. The lowest BCUT2D eigenvalue weighted by atomic mass is 9.99. The van der Waals surface area contributed by atoms with E-state index in [1.807, 2.05) is 0 Å². The van der Waals surface area contributed by atoms with Crippen molar-refractivity contribution >= 4 is 34.5 Å². The minimum atomic E-state index is -1.04. The van der Waals surface area contributed by atoms with Crippen LogP contribution in [0.2, 0.25) is 0 Å². The second-order valence-corrected chi connectivity index (χ2v) is 4.64. The van der Waals surface area contributed by atoms with Crippen LogP contribution >= 0.6 is 0 Å². The molecule has 0 saturated carbocycles. The molecule has 0 aliphatic carbocycles. The lowest BCUT2D eigenvalue weighted by Gasteiger charge is -2.13. The first-order valence-electron chi connectivity index (χ1n) is 6.72. The van der Waals surface area contributed by atoms with Crippen molar-refractivity contribution in [2.75, 3.05) is 21.3 Å². The molecule has 0 spiro atoms. The number of nitro groups is 1. The summed E-state index contributed by atoms with van der Waals surface area (Å²) in [6.45, 7) is 0. The average Bonchev–Trinajstić information content (AvgIpc) is 2.63. The van der Waals surface area contributed by atoms with Gasteiger partial charge in [-0.05, 0) is 6.07 Å². The van der Waals surface area contributed by atoms with Crippen molar-refractivity contribution in [3.05, 3.63) is 45.1 Å². The fraction of sp³-hybridized carbons (Fsp3) is 0.200. The van der Waals surface area contributed by atoms with Crippen LogP contribution in [0.1, 0.15) is 31.2 Å². The summed E-state index contributed by atoms with van der Waals surface area (Å²) in [4.78, 5) is 50.7. The van der Waals surface area contributed by atoms with Gasteiger partial charge < -0.3 is 14.2 Å². The molecule has 130 valence electrons. The van der Waals surface area contributed by atoms with Crippen LogP contribution in [-0.2, 0) is 14.2 Å². The number of pyridine rings is 1. The van der Waals surface area contributed by atoms with Crippen molar-refractivity contribution in [3.8, 4) is 0 Å². The fourth-order valence-electron chi connectivity index (χ4n) is 2.22. The number of carbonyl (C=O) groups is 3. The maximum atomic E-state index is 12.2. The number of fused-ring (bicyclic) bond motifs is 1. The number of hydrogen-bond acceptors (Lipinski definition) is 9. The lowest BCUT2D eigenvalue weighted by molar-refractivity contribution is -0.384. The molecule has 10 heteroatoms. The van der Waals surface area contributed by atoms with Gasteiger partial charge in [0.25, 0.3) is 5.69 Å². The minimum absolute atomic E-state index is 0.0332. The highest BCUT2D eigenvalue weighted by atomic mass is 16.6. The normalized spacial score (nSPS) is 10.2. The summed E-state index contributed by atoms with van der Waals surface area (Å²) in [6, 6.07) is 3.45. The van der Waals surface area contributed by atoms with Gasteiger partial charge in [0, 0.05) is 17.5 Å². The van der Waals surface area contributed by atoms with Crippen molar-refractivity contribution in [3.63, 3.8) is 0 Å². The van der Waals surface area contributed by atoms with E-state index in [-0.39, 0.29) is 22.2 Å². The Bertz CT molecular complexity index is 906. The number of benzene rings is 1. The van der Waals surface area contributed by atoms with Crippen molar-refractivity contribution in [1.29, 1.82) is 0 Å². The van der Waals surface area contributed by atoms with E-state index in [0.29, 0.717) is 0 Å². The molecule has 0 aliphatic heterocycles. The monoisotopic (exact) mass is 348 g/mol. The third-order valence-electron chi connectivity index (χ3n) is 3.34. The molecule has 0 atom stereocenters. The number of esters is 3. The zero-order valence-corrected chi connectivity index (χ0v) is 13.4. The largest absolute Gasteiger partial charge is 0.465 e. The maximum Gasteiger partial charge on any atom is 0.357 e. The second-order valence-electron chi connectivity index (χ2n) is 4.64. The Kier molecular flexibility index (Phi) is 4.92. The number of methoxy groups -OCH3 is 3. The molecule has 25 heavy (non-hydrogen) atoms. The third kappa shape index (κ3) is 3.09. The van der Waals surface area contributed by atoms with Gasteiger partial charge in [0.1, 0.15) is 5.56 Å². The molecule has 0 aliphatic rings. The summed E-state index contributed by atoms with van der Waals surface area (Å²) < 4.78 is 13.8. The fourth-order valence-corrected chi connectivity index (χ4v) is 2.22. The van der Waals surface area contributed by atoms with Crippen LogP contribution in [0, 0.1) is 10.1 Å². The lowest BCUT2D eigenvalue weighted by Crippen LogP contribution is -2.20. The number of non-ortho nitro benzene ring substituents is 1. The van der Waals surface area contributed by atoms with Crippen LogP contribution < -0.4 is 0 Å². The molecule has 0 amide bonds. The van der Waals surface area contributed by atoms with E-state index < -0.39 is 34.1 Å². The summed E-state index contributed by atoms with van der Waals surface area (Å²) in [5.74, 6) is -3.01. The first-order valence-corrected chi connectivity index (χ1v) is 6.72. The molecule has 1 heterocycles. The third-order valence-corrected chi connectivity index (χ3v) is 3.34. The number of rotatable bonds is 4. The van der Waals surface area contributed by atoms with Gasteiger partial charge in [0.15, 0.2) is 5.69 Å². The number of aromatic nitrogens is 1. The highest BCUT2D eigenvalue weighted by Crippen LogP contribution is 2.29. The highest BCUT2D eigenvalue weighted by molar-refractivity contribution is 6.16. The van der Waals surface area contributed by atoms with Gasteiger partial charge >= 0.3 is 17.9 Å². The van der Waals surface area contributed by atoms with E-state index in [1.165, 1.54) is 6.07 Å².